The molecule has 1 atom stereocenters. The van der Waals surface area contributed by atoms with Gasteiger partial charge in [0, 0.05) is 37.1 Å². The highest BCUT2D eigenvalue weighted by Crippen LogP contribution is 2.40. The minimum atomic E-state index is -3.64. The highest BCUT2D eigenvalue weighted by molar-refractivity contribution is 7.89. The van der Waals surface area contributed by atoms with Crippen LogP contribution in [0, 0.1) is 0 Å². The van der Waals surface area contributed by atoms with Gasteiger partial charge in [0.25, 0.3) is 0 Å². The first-order valence-electron chi connectivity index (χ1n) is 10.2. The lowest BCUT2D eigenvalue weighted by atomic mass is 10.1. The van der Waals surface area contributed by atoms with Crippen molar-refractivity contribution in [1.29, 1.82) is 0 Å². The Hall–Kier alpha value is -2.37. The van der Waals surface area contributed by atoms with Crippen LogP contribution in [0.2, 0.25) is 0 Å². The Morgan fingerprint density at radius 1 is 0.931 bits per heavy atom. The largest absolute Gasteiger partial charge is 0.377 e. The monoisotopic (exact) mass is 408 g/mol. The molecule has 0 amide bonds. The molecular formula is C24H28N2O2S. The molecule has 0 aliphatic heterocycles. The van der Waals surface area contributed by atoms with E-state index in [0.29, 0.717) is 11.4 Å². The normalized spacial score (nSPS) is 16.3. The maximum Gasteiger partial charge on any atom is 0.244 e. The van der Waals surface area contributed by atoms with Crippen LogP contribution in [0.15, 0.2) is 65.6 Å². The minimum Gasteiger partial charge on any atom is -0.377 e. The SMILES string of the molecule is CCCN(C1CCc2ccccc21)S(=O)(=O)c1cccc2c(N(C)C)cccc12. The Labute approximate surface area is 173 Å². The quantitative estimate of drug-likeness (QED) is 0.577. The van der Waals surface area contributed by atoms with Gasteiger partial charge in [0.1, 0.15) is 0 Å². The van der Waals surface area contributed by atoms with Crippen molar-refractivity contribution in [3.05, 3.63) is 71.8 Å². The third kappa shape index (κ3) is 3.43. The molecule has 152 valence electrons. The average molecular weight is 409 g/mol. The summed E-state index contributed by atoms with van der Waals surface area (Å²) in [4.78, 5) is 2.42. The molecule has 0 N–H and O–H groups in total. The second-order valence-electron chi connectivity index (χ2n) is 7.89. The predicted molar refractivity (Wildman–Crippen MR) is 120 cm³/mol. The highest BCUT2D eigenvalue weighted by atomic mass is 32.2. The fourth-order valence-corrected chi connectivity index (χ4v) is 6.44. The van der Waals surface area contributed by atoms with E-state index in [9.17, 15) is 8.42 Å². The molecule has 0 saturated carbocycles. The van der Waals surface area contributed by atoms with Crippen LogP contribution in [-0.2, 0) is 16.4 Å². The van der Waals surface area contributed by atoms with Crippen LogP contribution in [0.5, 0.6) is 0 Å². The van der Waals surface area contributed by atoms with Crippen LogP contribution in [-0.4, -0.2) is 33.4 Å². The molecule has 5 heteroatoms. The van der Waals surface area contributed by atoms with Gasteiger partial charge in [-0.05, 0) is 42.5 Å². The molecule has 0 heterocycles. The van der Waals surface area contributed by atoms with Gasteiger partial charge in [-0.25, -0.2) is 8.42 Å². The summed E-state index contributed by atoms with van der Waals surface area (Å²) in [7, 11) is 0.318. The molecule has 1 unspecified atom stereocenters. The summed E-state index contributed by atoms with van der Waals surface area (Å²) in [6, 6.07) is 19.6. The van der Waals surface area contributed by atoms with E-state index < -0.39 is 10.0 Å². The second-order valence-corrected chi connectivity index (χ2v) is 9.75. The minimum absolute atomic E-state index is 0.0940. The van der Waals surface area contributed by atoms with Crippen molar-refractivity contribution < 1.29 is 8.42 Å². The molecule has 0 saturated heterocycles. The van der Waals surface area contributed by atoms with Gasteiger partial charge in [0.15, 0.2) is 0 Å². The highest BCUT2D eigenvalue weighted by Gasteiger charge is 2.36. The van der Waals surface area contributed by atoms with Crippen molar-refractivity contribution in [1.82, 2.24) is 4.31 Å². The smallest absolute Gasteiger partial charge is 0.244 e. The first-order chi connectivity index (χ1) is 13.9. The molecule has 29 heavy (non-hydrogen) atoms. The summed E-state index contributed by atoms with van der Waals surface area (Å²) in [6.45, 7) is 2.56. The van der Waals surface area contributed by atoms with Gasteiger partial charge >= 0.3 is 0 Å². The van der Waals surface area contributed by atoms with Crippen molar-refractivity contribution in [2.75, 3.05) is 25.5 Å². The lowest BCUT2D eigenvalue weighted by Gasteiger charge is -2.29. The summed E-state index contributed by atoms with van der Waals surface area (Å²) in [5, 5.41) is 1.74. The number of benzene rings is 3. The molecule has 4 rings (SSSR count). The lowest BCUT2D eigenvalue weighted by Crippen LogP contribution is -2.35. The fraction of sp³-hybridized carbons (Fsp3) is 0.333. The van der Waals surface area contributed by atoms with E-state index >= 15 is 0 Å². The number of nitrogens with zero attached hydrogens (tertiary/aromatic N) is 2. The molecule has 1 aliphatic rings. The summed E-state index contributed by atoms with van der Waals surface area (Å²) in [5.41, 5.74) is 3.44. The zero-order valence-electron chi connectivity index (χ0n) is 17.3. The van der Waals surface area contributed by atoms with E-state index in [0.717, 1.165) is 41.3 Å². The number of aryl methyl sites for hydroxylation is 1. The van der Waals surface area contributed by atoms with Crippen molar-refractivity contribution in [2.45, 2.75) is 37.1 Å². The standard InChI is InChI=1S/C24H28N2O2S/c1-4-17-26(23-16-15-18-9-5-6-10-19(18)23)29(27,28)24-14-8-11-20-21(24)12-7-13-22(20)25(2)3/h5-14,23H,4,15-17H2,1-3H3. The average Bonchev–Trinajstić information content (AvgIpc) is 3.14. The molecule has 3 aromatic rings. The molecule has 0 aromatic heterocycles. The topological polar surface area (TPSA) is 40.6 Å². The van der Waals surface area contributed by atoms with Gasteiger partial charge in [-0.2, -0.15) is 4.31 Å². The Morgan fingerprint density at radius 3 is 2.41 bits per heavy atom. The molecule has 0 spiro atoms. The third-order valence-electron chi connectivity index (χ3n) is 5.82. The number of hydrogen-bond acceptors (Lipinski definition) is 3. The fourth-order valence-electron chi connectivity index (χ4n) is 4.50. The Kier molecular flexibility index (Phi) is 5.36. The van der Waals surface area contributed by atoms with Gasteiger partial charge in [0.2, 0.25) is 10.0 Å². The lowest BCUT2D eigenvalue weighted by molar-refractivity contribution is 0.323. The van der Waals surface area contributed by atoms with Gasteiger partial charge in [-0.1, -0.05) is 55.5 Å². The zero-order valence-corrected chi connectivity index (χ0v) is 18.1. The van der Waals surface area contributed by atoms with Gasteiger partial charge in [-0.3, -0.25) is 0 Å². The Balaban J connectivity index is 1.86. The summed E-state index contributed by atoms with van der Waals surface area (Å²) in [6.07, 6.45) is 2.55. The molecular weight excluding hydrogens is 380 g/mol. The van der Waals surface area contributed by atoms with Crippen LogP contribution in [0.4, 0.5) is 5.69 Å². The third-order valence-corrected chi connectivity index (χ3v) is 7.79. The van der Waals surface area contributed by atoms with Crippen molar-refractivity contribution in [2.24, 2.45) is 0 Å². The summed E-state index contributed by atoms with van der Waals surface area (Å²) < 4.78 is 29.6. The van der Waals surface area contributed by atoms with Crippen molar-refractivity contribution in [3.63, 3.8) is 0 Å². The molecule has 1 aliphatic carbocycles. The van der Waals surface area contributed by atoms with Gasteiger partial charge in [0.05, 0.1) is 10.9 Å². The van der Waals surface area contributed by atoms with Gasteiger partial charge < -0.3 is 4.90 Å². The van der Waals surface area contributed by atoms with E-state index in [2.05, 4.69) is 12.1 Å². The first kappa shape index (κ1) is 19.9. The maximum absolute atomic E-state index is 13.9. The second kappa shape index (κ2) is 7.81. The van der Waals surface area contributed by atoms with Crippen LogP contribution in [0.25, 0.3) is 10.8 Å². The van der Waals surface area contributed by atoms with Crippen LogP contribution in [0.3, 0.4) is 0 Å². The van der Waals surface area contributed by atoms with Crippen LogP contribution in [0.1, 0.15) is 36.9 Å². The zero-order chi connectivity index (χ0) is 20.6. The predicted octanol–water partition coefficient (Wildman–Crippen LogP) is 4.99. The Bertz CT molecular complexity index is 1140. The first-order valence-corrected chi connectivity index (χ1v) is 11.7. The van der Waals surface area contributed by atoms with E-state index in [4.69, 9.17) is 0 Å². The van der Waals surface area contributed by atoms with Crippen molar-refractivity contribution in [3.8, 4) is 0 Å². The number of hydrogen-bond donors (Lipinski definition) is 0. The molecule has 3 aromatic carbocycles. The van der Waals surface area contributed by atoms with E-state index in [1.54, 1.807) is 10.4 Å². The summed E-state index contributed by atoms with van der Waals surface area (Å²) >= 11 is 0. The molecule has 0 radical (unpaired) electrons. The van der Waals surface area contributed by atoms with Gasteiger partial charge in [-0.15, -0.1) is 0 Å². The molecule has 0 fully saturated rings. The maximum atomic E-state index is 13.9. The van der Waals surface area contributed by atoms with E-state index in [-0.39, 0.29) is 6.04 Å². The summed E-state index contributed by atoms with van der Waals surface area (Å²) in [5.74, 6) is 0. The molecule has 0 bridgehead atoms. The van der Waals surface area contributed by atoms with E-state index in [1.807, 2.05) is 68.4 Å². The number of rotatable bonds is 6. The van der Waals surface area contributed by atoms with Crippen LogP contribution < -0.4 is 4.90 Å². The number of sulfonamides is 1. The van der Waals surface area contributed by atoms with Crippen molar-refractivity contribution >= 4 is 26.5 Å². The van der Waals surface area contributed by atoms with E-state index in [1.165, 1.54) is 5.56 Å². The Morgan fingerprint density at radius 2 is 1.66 bits per heavy atom. The number of anilines is 1. The number of fused-ring (bicyclic) bond motifs is 2. The molecule has 4 nitrogen and oxygen atoms in total. The van der Waals surface area contributed by atoms with Crippen LogP contribution >= 0.6 is 0 Å².